The van der Waals surface area contributed by atoms with Crippen LogP contribution in [0, 0.1) is 0 Å². The van der Waals surface area contributed by atoms with E-state index >= 15 is 0 Å². The van der Waals surface area contributed by atoms with E-state index in [4.69, 9.17) is 23.2 Å². The Bertz CT molecular complexity index is 425. The van der Waals surface area contributed by atoms with Crippen LogP contribution in [0.25, 0.3) is 0 Å². The summed E-state index contributed by atoms with van der Waals surface area (Å²) in [7, 11) is 0. The van der Waals surface area contributed by atoms with E-state index in [1.807, 2.05) is 36.5 Å². The fourth-order valence-electron chi connectivity index (χ4n) is 1.44. The molecule has 1 nitrogen and oxygen atoms in total. The Morgan fingerprint density at radius 1 is 0.933 bits per heavy atom. The smallest absolute Gasteiger partial charge is 0.0592 e. The van der Waals surface area contributed by atoms with Crippen LogP contribution in [0.1, 0.15) is 11.1 Å². The minimum atomic E-state index is 0.662. The molecule has 0 fully saturated rings. The van der Waals surface area contributed by atoms with Gasteiger partial charge in [0.1, 0.15) is 0 Å². The summed E-state index contributed by atoms with van der Waals surface area (Å²) in [5.41, 5.74) is 2.25. The average Bonchev–Trinajstić information content (AvgIpc) is 2.17. The predicted molar refractivity (Wildman–Crippen MR) is 63.5 cm³/mol. The third-order valence-electron chi connectivity index (χ3n) is 2.06. The molecule has 2 rings (SSSR count). The molecule has 0 aliphatic carbocycles. The molecule has 0 bridgehead atoms. The van der Waals surface area contributed by atoms with Crippen molar-refractivity contribution < 1.29 is 0 Å². The summed E-state index contributed by atoms with van der Waals surface area (Å²) in [4.78, 5) is 4.04. The van der Waals surface area contributed by atoms with Gasteiger partial charge in [-0.2, -0.15) is 0 Å². The Hall–Kier alpha value is -1.05. The van der Waals surface area contributed by atoms with Crippen LogP contribution in [-0.2, 0) is 6.42 Å². The van der Waals surface area contributed by atoms with Crippen molar-refractivity contribution in [2.45, 2.75) is 6.42 Å². The van der Waals surface area contributed by atoms with Crippen molar-refractivity contribution in [1.82, 2.24) is 4.98 Å². The number of rotatable bonds is 2. The van der Waals surface area contributed by atoms with Gasteiger partial charge in [-0.05, 0) is 35.7 Å². The van der Waals surface area contributed by atoms with E-state index in [1.165, 1.54) is 0 Å². The zero-order valence-electron chi connectivity index (χ0n) is 7.95. The van der Waals surface area contributed by atoms with E-state index in [9.17, 15) is 0 Å². The van der Waals surface area contributed by atoms with Crippen LogP contribution in [0.15, 0.2) is 42.7 Å². The molecule has 0 amide bonds. The number of pyridine rings is 1. The van der Waals surface area contributed by atoms with Crippen LogP contribution in [-0.4, -0.2) is 4.98 Å². The second kappa shape index (κ2) is 4.65. The molecule has 1 aromatic heterocycles. The van der Waals surface area contributed by atoms with Gasteiger partial charge in [-0.15, -0.1) is 0 Å². The lowest BCUT2D eigenvalue weighted by molar-refractivity contribution is 1.15. The molecule has 76 valence electrons. The van der Waals surface area contributed by atoms with E-state index in [1.54, 1.807) is 6.20 Å². The first-order valence-corrected chi connectivity index (χ1v) is 5.33. The Morgan fingerprint density at radius 2 is 1.73 bits per heavy atom. The molecule has 0 saturated carbocycles. The van der Waals surface area contributed by atoms with E-state index in [0.717, 1.165) is 22.6 Å². The zero-order valence-corrected chi connectivity index (χ0v) is 9.46. The first-order chi connectivity index (χ1) is 7.24. The number of hydrogen-bond acceptors (Lipinski definition) is 1. The molecule has 15 heavy (non-hydrogen) atoms. The van der Waals surface area contributed by atoms with Crippen LogP contribution in [0.2, 0.25) is 10.0 Å². The molecule has 0 spiro atoms. The third kappa shape index (κ3) is 2.95. The Morgan fingerprint density at radius 3 is 2.47 bits per heavy atom. The molecule has 0 unspecified atom stereocenters. The molecular weight excluding hydrogens is 229 g/mol. The quantitative estimate of drug-likeness (QED) is 0.771. The number of aromatic nitrogens is 1. The number of benzene rings is 1. The summed E-state index contributed by atoms with van der Waals surface area (Å²) < 4.78 is 0. The van der Waals surface area contributed by atoms with Crippen molar-refractivity contribution in [1.29, 1.82) is 0 Å². The van der Waals surface area contributed by atoms with Crippen LogP contribution in [0.3, 0.4) is 0 Å². The van der Waals surface area contributed by atoms with Gasteiger partial charge in [0.05, 0.1) is 5.02 Å². The zero-order chi connectivity index (χ0) is 10.7. The van der Waals surface area contributed by atoms with E-state index in [2.05, 4.69) is 4.98 Å². The molecular formula is C12H9Cl2N. The van der Waals surface area contributed by atoms with Crippen molar-refractivity contribution in [2.24, 2.45) is 0 Å². The summed E-state index contributed by atoms with van der Waals surface area (Å²) in [5.74, 6) is 0. The fourth-order valence-corrected chi connectivity index (χ4v) is 1.84. The topological polar surface area (TPSA) is 12.9 Å². The van der Waals surface area contributed by atoms with Crippen molar-refractivity contribution in [3.63, 3.8) is 0 Å². The number of nitrogens with zero attached hydrogens (tertiary/aromatic N) is 1. The molecule has 0 atom stereocenters. The lowest BCUT2D eigenvalue weighted by Crippen LogP contribution is -1.88. The van der Waals surface area contributed by atoms with E-state index in [-0.39, 0.29) is 0 Å². The molecule has 3 heteroatoms. The molecule has 2 aromatic rings. The molecule has 0 aliphatic rings. The van der Waals surface area contributed by atoms with Gasteiger partial charge >= 0.3 is 0 Å². The molecule has 0 saturated heterocycles. The summed E-state index contributed by atoms with van der Waals surface area (Å²) in [5, 5.41) is 1.41. The lowest BCUT2D eigenvalue weighted by Gasteiger charge is -2.02. The molecule has 0 aliphatic heterocycles. The van der Waals surface area contributed by atoms with Gasteiger partial charge < -0.3 is 0 Å². The predicted octanol–water partition coefficient (Wildman–Crippen LogP) is 3.98. The summed E-state index contributed by atoms with van der Waals surface area (Å²) >= 11 is 11.8. The highest BCUT2D eigenvalue weighted by atomic mass is 35.5. The second-order valence-electron chi connectivity index (χ2n) is 3.32. The maximum atomic E-state index is 5.90. The van der Waals surface area contributed by atoms with Gasteiger partial charge in [-0.25, -0.2) is 0 Å². The van der Waals surface area contributed by atoms with Crippen LogP contribution in [0.5, 0.6) is 0 Å². The molecule has 1 heterocycles. The average molecular weight is 238 g/mol. The van der Waals surface area contributed by atoms with Crippen LogP contribution < -0.4 is 0 Å². The van der Waals surface area contributed by atoms with Gasteiger partial charge in [0.15, 0.2) is 0 Å². The number of hydrogen-bond donors (Lipinski definition) is 0. The molecule has 0 N–H and O–H groups in total. The minimum absolute atomic E-state index is 0.662. The van der Waals surface area contributed by atoms with E-state index in [0.29, 0.717) is 5.02 Å². The van der Waals surface area contributed by atoms with Gasteiger partial charge in [0.2, 0.25) is 0 Å². The summed E-state index contributed by atoms with van der Waals surface area (Å²) in [6.07, 6.45) is 4.24. The van der Waals surface area contributed by atoms with Crippen molar-refractivity contribution >= 4 is 23.2 Å². The van der Waals surface area contributed by atoms with E-state index < -0.39 is 0 Å². The van der Waals surface area contributed by atoms with Gasteiger partial charge in [-0.3, -0.25) is 4.98 Å². The van der Waals surface area contributed by atoms with Crippen LogP contribution >= 0.6 is 23.2 Å². The summed E-state index contributed by atoms with van der Waals surface area (Å²) in [6, 6.07) is 9.70. The summed E-state index contributed by atoms with van der Waals surface area (Å²) in [6.45, 7) is 0. The largest absolute Gasteiger partial charge is 0.263 e. The standard InChI is InChI=1S/C12H9Cl2N/c13-11-3-1-2-9(5-11)4-10-6-12(14)8-15-7-10/h1-3,5-8H,4H2. The van der Waals surface area contributed by atoms with Gasteiger partial charge in [-0.1, -0.05) is 35.3 Å². The maximum absolute atomic E-state index is 5.90. The van der Waals surface area contributed by atoms with Gasteiger partial charge in [0, 0.05) is 17.4 Å². The second-order valence-corrected chi connectivity index (χ2v) is 4.19. The minimum Gasteiger partial charge on any atom is -0.263 e. The first kappa shape index (κ1) is 10.5. The van der Waals surface area contributed by atoms with Crippen molar-refractivity contribution in [3.8, 4) is 0 Å². The Balaban J connectivity index is 2.22. The Labute approximate surface area is 98.7 Å². The third-order valence-corrected chi connectivity index (χ3v) is 2.50. The normalized spacial score (nSPS) is 10.3. The first-order valence-electron chi connectivity index (χ1n) is 4.58. The molecule has 0 radical (unpaired) electrons. The fraction of sp³-hybridized carbons (Fsp3) is 0.0833. The van der Waals surface area contributed by atoms with Crippen molar-refractivity contribution in [3.05, 3.63) is 63.9 Å². The monoisotopic (exact) mass is 237 g/mol. The maximum Gasteiger partial charge on any atom is 0.0592 e. The highest BCUT2D eigenvalue weighted by molar-refractivity contribution is 6.30. The highest BCUT2D eigenvalue weighted by Crippen LogP contribution is 2.16. The SMILES string of the molecule is Clc1cccc(Cc2cncc(Cl)c2)c1. The highest BCUT2D eigenvalue weighted by Gasteiger charge is 1.98. The van der Waals surface area contributed by atoms with Gasteiger partial charge in [0.25, 0.3) is 0 Å². The number of halogens is 2. The molecule has 1 aromatic carbocycles. The van der Waals surface area contributed by atoms with Crippen molar-refractivity contribution in [2.75, 3.05) is 0 Å². The Kier molecular flexibility index (Phi) is 3.24. The lowest BCUT2D eigenvalue weighted by atomic mass is 10.1. The van der Waals surface area contributed by atoms with Crippen LogP contribution in [0.4, 0.5) is 0 Å².